The van der Waals surface area contributed by atoms with E-state index in [1.165, 1.54) is 32.1 Å². The maximum atomic E-state index is 12.4. The fraction of sp³-hybridized carbons (Fsp3) is 0.474. The number of thiazole rings is 1. The molecule has 1 amide bonds. The number of carbonyl (C=O) groups excluding carboxylic acids is 1. The molecule has 1 N–H and O–H groups in total. The second kappa shape index (κ2) is 8.73. The van der Waals surface area contributed by atoms with Gasteiger partial charge in [-0.3, -0.25) is 9.79 Å². The molecule has 1 aromatic carbocycles. The first-order valence-corrected chi connectivity index (χ1v) is 10.1. The third kappa shape index (κ3) is 4.68. The van der Waals surface area contributed by atoms with E-state index in [-0.39, 0.29) is 5.91 Å². The smallest absolute Gasteiger partial charge is 0.230 e. The SMILES string of the molecule is COc1ccc(NC(=O)Cc2csc(=NC3CCCCC3)n2C)cc1Cl. The molecule has 0 atom stereocenters. The molecule has 1 aliphatic carbocycles. The van der Waals surface area contributed by atoms with Crippen LogP contribution >= 0.6 is 22.9 Å². The van der Waals surface area contributed by atoms with E-state index in [0.29, 0.717) is 28.9 Å². The first-order valence-electron chi connectivity index (χ1n) is 8.87. The minimum Gasteiger partial charge on any atom is -0.495 e. The van der Waals surface area contributed by atoms with Gasteiger partial charge in [-0.15, -0.1) is 11.3 Å². The van der Waals surface area contributed by atoms with Crippen LogP contribution in [0.3, 0.4) is 0 Å². The van der Waals surface area contributed by atoms with E-state index < -0.39 is 0 Å². The van der Waals surface area contributed by atoms with Crippen molar-refractivity contribution in [3.05, 3.63) is 39.1 Å². The Balaban J connectivity index is 1.66. The molecule has 0 aliphatic heterocycles. The molecular weight excluding hydrogens is 370 g/mol. The van der Waals surface area contributed by atoms with E-state index in [4.69, 9.17) is 21.3 Å². The molecule has 140 valence electrons. The number of benzene rings is 1. The summed E-state index contributed by atoms with van der Waals surface area (Å²) >= 11 is 7.71. The average molecular weight is 394 g/mol. The number of hydrogen-bond donors (Lipinski definition) is 1. The van der Waals surface area contributed by atoms with Crippen molar-refractivity contribution in [1.29, 1.82) is 0 Å². The zero-order chi connectivity index (χ0) is 18.5. The lowest BCUT2D eigenvalue weighted by Gasteiger charge is -2.16. The van der Waals surface area contributed by atoms with Gasteiger partial charge in [-0.05, 0) is 31.0 Å². The zero-order valence-corrected chi connectivity index (χ0v) is 16.7. The van der Waals surface area contributed by atoms with Gasteiger partial charge < -0.3 is 14.6 Å². The molecule has 2 aromatic rings. The van der Waals surface area contributed by atoms with Gasteiger partial charge in [-0.1, -0.05) is 30.9 Å². The fourth-order valence-electron chi connectivity index (χ4n) is 3.16. The largest absolute Gasteiger partial charge is 0.495 e. The first kappa shape index (κ1) is 19.0. The molecule has 7 heteroatoms. The van der Waals surface area contributed by atoms with Crippen molar-refractivity contribution >= 4 is 34.5 Å². The van der Waals surface area contributed by atoms with Crippen LogP contribution in [-0.2, 0) is 18.3 Å². The van der Waals surface area contributed by atoms with Gasteiger partial charge >= 0.3 is 0 Å². The standard InChI is InChI=1S/C19H24ClN3O2S/c1-23-15(12-26-19(23)22-13-6-4-3-5-7-13)11-18(24)21-14-8-9-17(25-2)16(20)10-14/h8-10,12-13H,3-7,11H2,1-2H3,(H,21,24). The normalized spacial score (nSPS) is 15.9. The van der Waals surface area contributed by atoms with E-state index in [0.717, 1.165) is 10.5 Å². The molecule has 0 radical (unpaired) electrons. The summed E-state index contributed by atoms with van der Waals surface area (Å²) in [6.45, 7) is 0. The van der Waals surface area contributed by atoms with Crippen molar-refractivity contribution in [1.82, 2.24) is 4.57 Å². The van der Waals surface area contributed by atoms with Crippen LogP contribution in [0.5, 0.6) is 5.75 Å². The second-order valence-electron chi connectivity index (χ2n) is 6.56. The van der Waals surface area contributed by atoms with Crippen LogP contribution < -0.4 is 14.9 Å². The minimum absolute atomic E-state index is 0.0798. The van der Waals surface area contributed by atoms with Crippen molar-refractivity contribution in [2.24, 2.45) is 12.0 Å². The van der Waals surface area contributed by atoms with Gasteiger partial charge in [0.1, 0.15) is 5.75 Å². The van der Waals surface area contributed by atoms with Crippen LogP contribution in [0.15, 0.2) is 28.6 Å². The number of rotatable bonds is 5. The van der Waals surface area contributed by atoms with Crippen LogP contribution in [0.1, 0.15) is 37.8 Å². The van der Waals surface area contributed by atoms with E-state index in [1.54, 1.807) is 36.6 Å². The highest BCUT2D eigenvalue weighted by molar-refractivity contribution is 7.07. The van der Waals surface area contributed by atoms with Crippen molar-refractivity contribution < 1.29 is 9.53 Å². The first-order chi connectivity index (χ1) is 12.6. The summed E-state index contributed by atoms with van der Waals surface area (Å²) in [4.78, 5) is 18.2. The molecule has 1 aliphatic rings. The molecule has 0 spiro atoms. The molecule has 0 bridgehead atoms. The highest BCUT2D eigenvalue weighted by Gasteiger charge is 2.14. The maximum absolute atomic E-state index is 12.4. The van der Waals surface area contributed by atoms with E-state index >= 15 is 0 Å². The van der Waals surface area contributed by atoms with Gasteiger partial charge in [0.05, 0.1) is 24.6 Å². The number of methoxy groups -OCH3 is 1. The van der Waals surface area contributed by atoms with Crippen LogP contribution in [0.25, 0.3) is 0 Å². The summed E-state index contributed by atoms with van der Waals surface area (Å²) in [6.07, 6.45) is 6.50. The molecule has 26 heavy (non-hydrogen) atoms. The lowest BCUT2D eigenvalue weighted by Crippen LogP contribution is -2.22. The molecule has 3 rings (SSSR count). The zero-order valence-electron chi connectivity index (χ0n) is 15.1. The number of aromatic nitrogens is 1. The molecule has 0 unspecified atom stereocenters. The van der Waals surface area contributed by atoms with Crippen molar-refractivity contribution in [3.63, 3.8) is 0 Å². The number of amides is 1. The highest BCUT2D eigenvalue weighted by atomic mass is 35.5. The minimum atomic E-state index is -0.0798. The van der Waals surface area contributed by atoms with E-state index in [9.17, 15) is 4.79 Å². The summed E-state index contributed by atoms with van der Waals surface area (Å²) in [5.41, 5.74) is 1.62. The van der Waals surface area contributed by atoms with Gasteiger partial charge in [-0.25, -0.2) is 0 Å². The maximum Gasteiger partial charge on any atom is 0.230 e. The van der Waals surface area contributed by atoms with Gasteiger partial charge in [0, 0.05) is 23.8 Å². The second-order valence-corrected chi connectivity index (χ2v) is 7.81. The van der Waals surface area contributed by atoms with Crippen LogP contribution in [0.2, 0.25) is 5.02 Å². The summed E-state index contributed by atoms with van der Waals surface area (Å²) in [5, 5.41) is 5.37. The van der Waals surface area contributed by atoms with Gasteiger partial charge in [0.2, 0.25) is 5.91 Å². The lowest BCUT2D eigenvalue weighted by molar-refractivity contribution is -0.115. The van der Waals surface area contributed by atoms with E-state index in [1.807, 2.05) is 17.0 Å². The fourth-order valence-corrected chi connectivity index (χ4v) is 4.39. The highest BCUT2D eigenvalue weighted by Crippen LogP contribution is 2.27. The summed E-state index contributed by atoms with van der Waals surface area (Å²) < 4.78 is 7.15. The number of nitrogens with one attached hydrogen (secondary N) is 1. The molecule has 1 heterocycles. The number of hydrogen-bond acceptors (Lipinski definition) is 4. The number of carbonyl (C=O) groups is 1. The van der Waals surface area contributed by atoms with Gasteiger partial charge in [-0.2, -0.15) is 0 Å². The van der Waals surface area contributed by atoms with Crippen LogP contribution in [0, 0.1) is 0 Å². The summed E-state index contributed by atoms with van der Waals surface area (Å²) in [5.74, 6) is 0.506. The predicted octanol–water partition coefficient (Wildman–Crippen LogP) is 4.16. The Morgan fingerprint density at radius 1 is 1.38 bits per heavy atom. The Morgan fingerprint density at radius 3 is 2.85 bits per heavy atom. The van der Waals surface area contributed by atoms with Gasteiger partial charge in [0.25, 0.3) is 0 Å². The Kier molecular flexibility index (Phi) is 6.38. The molecule has 1 aromatic heterocycles. The molecule has 1 fully saturated rings. The molecular formula is C19H24ClN3O2S. The van der Waals surface area contributed by atoms with Crippen molar-refractivity contribution in [2.45, 2.75) is 44.6 Å². The Labute approximate surface area is 162 Å². The van der Waals surface area contributed by atoms with Crippen molar-refractivity contribution in [2.75, 3.05) is 12.4 Å². The molecule has 1 saturated carbocycles. The number of halogens is 1. The number of ether oxygens (including phenoxy) is 1. The van der Waals surface area contributed by atoms with Crippen LogP contribution in [0.4, 0.5) is 5.69 Å². The summed E-state index contributed by atoms with van der Waals surface area (Å²) in [6, 6.07) is 5.64. The molecule has 0 saturated heterocycles. The Hall–Kier alpha value is -1.79. The number of anilines is 1. The monoisotopic (exact) mass is 393 g/mol. The van der Waals surface area contributed by atoms with Gasteiger partial charge in [0.15, 0.2) is 4.80 Å². The number of nitrogens with zero attached hydrogens (tertiary/aromatic N) is 2. The Bertz CT molecular complexity index is 838. The van der Waals surface area contributed by atoms with Crippen molar-refractivity contribution in [3.8, 4) is 5.75 Å². The topological polar surface area (TPSA) is 55.6 Å². The predicted molar refractivity (Wildman–Crippen MR) is 106 cm³/mol. The third-order valence-electron chi connectivity index (χ3n) is 4.66. The Morgan fingerprint density at radius 2 is 2.15 bits per heavy atom. The van der Waals surface area contributed by atoms with Crippen LogP contribution in [-0.4, -0.2) is 23.6 Å². The van der Waals surface area contributed by atoms with E-state index in [2.05, 4.69) is 5.32 Å². The molecule has 5 nitrogen and oxygen atoms in total. The quantitative estimate of drug-likeness (QED) is 0.829. The average Bonchev–Trinajstić information content (AvgIpc) is 2.96. The lowest BCUT2D eigenvalue weighted by atomic mass is 9.96. The third-order valence-corrected chi connectivity index (χ3v) is 5.94. The summed E-state index contributed by atoms with van der Waals surface area (Å²) in [7, 11) is 3.54.